The van der Waals surface area contributed by atoms with Crippen LogP contribution in [0.1, 0.15) is 12.0 Å². The Morgan fingerprint density at radius 1 is 1.60 bits per heavy atom. The van der Waals surface area contributed by atoms with Crippen molar-refractivity contribution in [2.45, 2.75) is 6.42 Å². The standard InChI is InChI=1S/C10H7FN2O2/c11-9-5-4-8(3-1-2-6-12)7-10(9)13(14)15/h1,3-5,7H,2H2. The van der Waals surface area contributed by atoms with Crippen LogP contribution in [0.25, 0.3) is 6.08 Å². The Morgan fingerprint density at radius 3 is 2.93 bits per heavy atom. The summed E-state index contributed by atoms with van der Waals surface area (Å²) in [6, 6.07) is 5.46. The van der Waals surface area contributed by atoms with Crippen molar-refractivity contribution in [2.24, 2.45) is 0 Å². The normalized spacial score (nSPS) is 10.1. The molecule has 0 unspecified atom stereocenters. The van der Waals surface area contributed by atoms with Crippen LogP contribution in [-0.2, 0) is 0 Å². The topological polar surface area (TPSA) is 66.9 Å². The summed E-state index contributed by atoms with van der Waals surface area (Å²) in [4.78, 5) is 9.61. The lowest BCUT2D eigenvalue weighted by Gasteiger charge is -1.95. The number of hydrogen-bond donors (Lipinski definition) is 0. The number of nitriles is 1. The zero-order valence-corrected chi connectivity index (χ0v) is 7.68. The molecule has 1 rings (SSSR count). The summed E-state index contributed by atoms with van der Waals surface area (Å²) in [5.74, 6) is -0.863. The molecule has 0 fully saturated rings. The van der Waals surface area contributed by atoms with Gasteiger partial charge in [0.25, 0.3) is 0 Å². The first-order chi connectivity index (χ1) is 7.15. The van der Waals surface area contributed by atoms with Gasteiger partial charge >= 0.3 is 5.69 Å². The van der Waals surface area contributed by atoms with Crippen LogP contribution >= 0.6 is 0 Å². The molecule has 1 aromatic rings. The number of allylic oxidation sites excluding steroid dienone is 1. The minimum Gasteiger partial charge on any atom is -0.258 e. The van der Waals surface area contributed by atoms with Crippen molar-refractivity contribution < 1.29 is 9.31 Å². The van der Waals surface area contributed by atoms with Crippen molar-refractivity contribution >= 4 is 11.8 Å². The van der Waals surface area contributed by atoms with Crippen molar-refractivity contribution in [3.05, 3.63) is 45.8 Å². The molecule has 0 aliphatic heterocycles. The van der Waals surface area contributed by atoms with E-state index in [0.29, 0.717) is 5.56 Å². The zero-order chi connectivity index (χ0) is 11.3. The minimum atomic E-state index is -0.863. The van der Waals surface area contributed by atoms with Gasteiger partial charge in [0.15, 0.2) is 0 Å². The molecule has 15 heavy (non-hydrogen) atoms. The minimum absolute atomic E-state index is 0.213. The van der Waals surface area contributed by atoms with Gasteiger partial charge in [0.05, 0.1) is 17.4 Å². The molecular weight excluding hydrogens is 199 g/mol. The quantitative estimate of drug-likeness (QED) is 0.564. The van der Waals surface area contributed by atoms with Crippen molar-refractivity contribution in [1.82, 2.24) is 0 Å². The van der Waals surface area contributed by atoms with E-state index in [4.69, 9.17) is 5.26 Å². The summed E-state index contributed by atoms with van der Waals surface area (Å²) in [5, 5.41) is 18.7. The first kappa shape index (κ1) is 10.9. The van der Waals surface area contributed by atoms with E-state index in [0.717, 1.165) is 12.1 Å². The summed E-state index contributed by atoms with van der Waals surface area (Å²) < 4.78 is 12.9. The van der Waals surface area contributed by atoms with Crippen LogP contribution < -0.4 is 0 Å². The van der Waals surface area contributed by atoms with E-state index < -0.39 is 16.4 Å². The first-order valence-electron chi connectivity index (χ1n) is 4.12. The van der Waals surface area contributed by atoms with E-state index in [1.807, 2.05) is 6.07 Å². The fourth-order valence-electron chi connectivity index (χ4n) is 1.02. The Bertz CT molecular complexity index is 449. The zero-order valence-electron chi connectivity index (χ0n) is 7.68. The van der Waals surface area contributed by atoms with Gasteiger partial charge in [0.1, 0.15) is 0 Å². The summed E-state index contributed by atoms with van der Waals surface area (Å²) in [7, 11) is 0. The van der Waals surface area contributed by atoms with Crippen LogP contribution in [0.4, 0.5) is 10.1 Å². The largest absolute Gasteiger partial charge is 0.305 e. The van der Waals surface area contributed by atoms with Crippen molar-refractivity contribution in [2.75, 3.05) is 0 Å². The monoisotopic (exact) mass is 206 g/mol. The van der Waals surface area contributed by atoms with Gasteiger partial charge in [-0.2, -0.15) is 9.65 Å². The van der Waals surface area contributed by atoms with Gasteiger partial charge in [-0.1, -0.05) is 18.2 Å². The highest BCUT2D eigenvalue weighted by Crippen LogP contribution is 2.19. The molecule has 0 saturated heterocycles. The Balaban J connectivity index is 2.98. The maximum absolute atomic E-state index is 12.9. The highest BCUT2D eigenvalue weighted by atomic mass is 19.1. The van der Waals surface area contributed by atoms with Gasteiger partial charge in [-0.05, 0) is 11.6 Å². The van der Waals surface area contributed by atoms with Crippen LogP contribution in [0.2, 0.25) is 0 Å². The molecule has 0 heterocycles. The number of halogens is 1. The average molecular weight is 206 g/mol. The molecule has 1 aromatic carbocycles. The second-order valence-electron chi connectivity index (χ2n) is 2.73. The molecule has 0 aromatic heterocycles. The molecule has 0 aliphatic carbocycles. The summed E-state index contributed by atoms with van der Waals surface area (Å²) in [6.45, 7) is 0. The van der Waals surface area contributed by atoms with Gasteiger partial charge in [0, 0.05) is 6.07 Å². The molecule has 0 saturated carbocycles. The van der Waals surface area contributed by atoms with E-state index in [9.17, 15) is 14.5 Å². The van der Waals surface area contributed by atoms with Crippen LogP contribution in [0, 0.1) is 27.3 Å². The molecule has 0 radical (unpaired) electrons. The summed E-state index contributed by atoms with van der Waals surface area (Å²) in [6.07, 6.45) is 3.30. The van der Waals surface area contributed by atoms with Crippen LogP contribution in [0.15, 0.2) is 24.3 Å². The van der Waals surface area contributed by atoms with Gasteiger partial charge in [-0.15, -0.1) is 0 Å². The van der Waals surface area contributed by atoms with E-state index in [1.54, 1.807) is 6.08 Å². The SMILES string of the molecule is N#CCC=Cc1ccc(F)c([N+](=O)[O-])c1. The van der Waals surface area contributed by atoms with Gasteiger partial charge in [-0.3, -0.25) is 10.1 Å². The second kappa shape index (κ2) is 4.86. The average Bonchev–Trinajstić information content (AvgIpc) is 2.20. The molecule has 0 N–H and O–H groups in total. The Hall–Kier alpha value is -2.22. The predicted octanol–water partition coefficient (Wildman–Crippen LogP) is 2.66. The molecule has 0 amide bonds. The third-order valence-electron chi connectivity index (χ3n) is 1.69. The number of rotatable bonds is 3. The predicted molar refractivity (Wildman–Crippen MR) is 52.3 cm³/mol. The number of benzene rings is 1. The van der Waals surface area contributed by atoms with Crippen LogP contribution in [0.3, 0.4) is 0 Å². The lowest BCUT2D eigenvalue weighted by Crippen LogP contribution is -1.92. The fraction of sp³-hybridized carbons (Fsp3) is 0.100. The molecule has 0 aliphatic rings. The Morgan fingerprint density at radius 2 is 2.33 bits per heavy atom. The number of nitro groups is 1. The van der Waals surface area contributed by atoms with Gasteiger partial charge in [0.2, 0.25) is 5.82 Å². The summed E-state index contributed by atoms with van der Waals surface area (Å²) >= 11 is 0. The molecular formula is C10H7FN2O2. The molecule has 0 spiro atoms. The first-order valence-corrected chi connectivity index (χ1v) is 4.12. The van der Waals surface area contributed by atoms with E-state index in [1.165, 1.54) is 12.1 Å². The fourth-order valence-corrected chi connectivity index (χ4v) is 1.02. The summed E-state index contributed by atoms with van der Waals surface area (Å²) in [5.41, 5.74) is -0.0625. The van der Waals surface area contributed by atoms with Gasteiger partial charge in [-0.25, -0.2) is 0 Å². The van der Waals surface area contributed by atoms with E-state index in [-0.39, 0.29) is 6.42 Å². The molecule has 76 valence electrons. The maximum Gasteiger partial charge on any atom is 0.305 e. The van der Waals surface area contributed by atoms with Crippen LogP contribution in [0.5, 0.6) is 0 Å². The molecule has 0 atom stereocenters. The molecule has 5 heteroatoms. The Labute approximate surface area is 85.4 Å². The third kappa shape index (κ3) is 2.88. The number of nitro benzene ring substituents is 1. The lowest BCUT2D eigenvalue weighted by atomic mass is 10.1. The maximum atomic E-state index is 12.9. The second-order valence-corrected chi connectivity index (χ2v) is 2.73. The molecule has 4 nitrogen and oxygen atoms in total. The molecule has 0 bridgehead atoms. The Kier molecular flexibility index (Phi) is 3.52. The van der Waals surface area contributed by atoms with Crippen LogP contribution in [-0.4, -0.2) is 4.92 Å². The van der Waals surface area contributed by atoms with Gasteiger partial charge < -0.3 is 0 Å². The third-order valence-corrected chi connectivity index (χ3v) is 1.69. The smallest absolute Gasteiger partial charge is 0.258 e. The lowest BCUT2D eigenvalue weighted by molar-refractivity contribution is -0.387. The van der Waals surface area contributed by atoms with Crippen molar-refractivity contribution in [1.29, 1.82) is 5.26 Å². The van der Waals surface area contributed by atoms with Crippen molar-refractivity contribution in [3.63, 3.8) is 0 Å². The number of nitrogens with zero attached hydrogens (tertiary/aromatic N) is 2. The highest BCUT2D eigenvalue weighted by Gasteiger charge is 2.12. The van der Waals surface area contributed by atoms with E-state index in [2.05, 4.69) is 0 Å². The van der Waals surface area contributed by atoms with Crippen molar-refractivity contribution in [3.8, 4) is 6.07 Å². The number of hydrogen-bond acceptors (Lipinski definition) is 3. The highest BCUT2D eigenvalue weighted by molar-refractivity contribution is 5.54. The van der Waals surface area contributed by atoms with E-state index >= 15 is 0 Å².